The number of benzene rings is 1. The lowest BCUT2D eigenvalue weighted by molar-refractivity contribution is 0.130. The molecule has 0 saturated heterocycles. The number of aliphatic hydroxyl groups is 2. The monoisotopic (exact) mass is 491 g/mol. The highest BCUT2D eigenvalue weighted by atomic mass is 19.1. The van der Waals surface area contributed by atoms with Gasteiger partial charge in [0.2, 0.25) is 5.89 Å². The van der Waals surface area contributed by atoms with E-state index in [2.05, 4.69) is 20.2 Å². The molecular formula is C26H23F2N5O3. The third-order valence-electron chi connectivity index (χ3n) is 7.38. The van der Waals surface area contributed by atoms with Crippen molar-refractivity contribution in [3.8, 4) is 22.8 Å². The first-order valence-corrected chi connectivity index (χ1v) is 11.9. The zero-order valence-corrected chi connectivity index (χ0v) is 19.2. The van der Waals surface area contributed by atoms with Crippen molar-refractivity contribution in [1.29, 1.82) is 0 Å². The van der Waals surface area contributed by atoms with E-state index in [9.17, 15) is 13.9 Å². The van der Waals surface area contributed by atoms with Crippen LogP contribution in [0.4, 0.5) is 8.78 Å². The topological polar surface area (TPSA) is 118 Å². The number of halogens is 2. The zero-order valence-electron chi connectivity index (χ0n) is 19.2. The van der Waals surface area contributed by atoms with Gasteiger partial charge in [0.05, 0.1) is 34.3 Å². The second kappa shape index (κ2) is 8.79. The van der Waals surface area contributed by atoms with Gasteiger partial charge in [-0.05, 0) is 55.4 Å². The van der Waals surface area contributed by atoms with E-state index in [0.29, 0.717) is 17.1 Å². The fraction of sp³-hybridized carbons (Fsp3) is 0.346. The number of rotatable bonds is 6. The van der Waals surface area contributed by atoms with E-state index in [4.69, 9.17) is 14.5 Å². The lowest BCUT2D eigenvalue weighted by Crippen LogP contribution is -2.41. The van der Waals surface area contributed by atoms with Crippen LogP contribution in [-0.4, -0.2) is 42.0 Å². The minimum atomic E-state index is -0.938. The van der Waals surface area contributed by atoms with Crippen molar-refractivity contribution in [3.05, 3.63) is 77.2 Å². The van der Waals surface area contributed by atoms with E-state index in [1.54, 1.807) is 18.5 Å². The van der Waals surface area contributed by atoms with Gasteiger partial charge in [-0.25, -0.2) is 18.7 Å². The standard InChI is InChI=1S/C26H23F2N5O3/c27-16-2-1-3-17(28)23(16)18-10-15-14-4-7-26(8-5-14,24(15)33-32-18)22-12-29-11-19(30-22)25-31-20(13-36-25)21(35)6-9-34/h1-3,10-14,21,34-35H,4-9H2/t14?,21-,26?/m1/s1. The molecule has 184 valence electrons. The van der Waals surface area contributed by atoms with Crippen molar-refractivity contribution in [2.75, 3.05) is 6.61 Å². The molecule has 0 radical (unpaired) electrons. The molecule has 0 spiro atoms. The molecule has 8 nitrogen and oxygen atoms in total. The van der Waals surface area contributed by atoms with Gasteiger partial charge >= 0.3 is 0 Å². The zero-order chi connectivity index (χ0) is 24.9. The molecule has 2 bridgehead atoms. The molecule has 0 aliphatic heterocycles. The second-order valence-electron chi connectivity index (χ2n) is 9.38. The highest BCUT2D eigenvalue weighted by molar-refractivity contribution is 5.62. The number of hydrogen-bond donors (Lipinski definition) is 2. The number of aliphatic hydroxyl groups excluding tert-OH is 2. The Bertz CT molecular complexity index is 1410. The summed E-state index contributed by atoms with van der Waals surface area (Å²) >= 11 is 0. The lowest BCUT2D eigenvalue weighted by atomic mass is 9.58. The fourth-order valence-corrected chi connectivity index (χ4v) is 5.52. The Morgan fingerprint density at radius 2 is 1.83 bits per heavy atom. The average molecular weight is 491 g/mol. The maximum Gasteiger partial charge on any atom is 0.247 e. The predicted molar refractivity (Wildman–Crippen MR) is 124 cm³/mol. The molecule has 0 amide bonds. The molecule has 36 heavy (non-hydrogen) atoms. The van der Waals surface area contributed by atoms with Gasteiger partial charge in [0.1, 0.15) is 35.4 Å². The largest absolute Gasteiger partial charge is 0.443 e. The molecule has 3 aromatic heterocycles. The van der Waals surface area contributed by atoms with Crippen molar-refractivity contribution >= 4 is 0 Å². The summed E-state index contributed by atoms with van der Waals surface area (Å²) in [6, 6.07) is 5.52. The number of aromatic nitrogens is 5. The van der Waals surface area contributed by atoms with Crippen LogP contribution in [0.25, 0.3) is 22.8 Å². The third kappa shape index (κ3) is 3.59. The van der Waals surface area contributed by atoms with E-state index in [-0.39, 0.29) is 36.1 Å². The molecule has 2 N–H and O–H groups in total. The molecule has 3 aliphatic carbocycles. The Kier molecular flexibility index (Phi) is 5.57. The van der Waals surface area contributed by atoms with E-state index < -0.39 is 23.2 Å². The van der Waals surface area contributed by atoms with Crippen LogP contribution in [0.15, 0.2) is 47.3 Å². The number of hydrogen-bond acceptors (Lipinski definition) is 8. The van der Waals surface area contributed by atoms with Crippen LogP contribution in [0, 0.1) is 11.6 Å². The highest BCUT2D eigenvalue weighted by Gasteiger charge is 2.49. The van der Waals surface area contributed by atoms with Gasteiger partial charge in [0.15, 0.2) is 0 Å². The molecule has 3 heterocycles. The summed E-state index contributed by atoms with van der Waals surface area (Å²) in [5, 5.41) is 27.9. The van der Waals surface area contributed by atoms with Crippen molar-refractivity contribution in [2.24, 2.45) is 0 Å². The summed E-state index contributed by atoms with van der Waals surface area (Å²) in [5.74, 6) is -0.890. The maximum absolute atomic E-state index is 14.4. The average Bonchev–Trinajstić information content (AvgIpc) is 3.40. The summed E-state index contributed by atoms with van der Waals surface area (Å²) in [4.78, 5) is 13.5. The second-order valence-corrected chi connectivity index (χ2v) is 9.38. The SMILES string of the molecule is OCC[C@@H](O)c1coc(-c2cncc(C34CCC(CC3)c3cc(-c5c(F)cccc5F)nnc34)n2)n1. The van der Waals surface area contributed by atoms with Crippen molar-refractivity contribution in [2.45, 2.75) is 49.5 Å². The lowest BCUT2D eigenvalue weighted by Gasteiger charge is -2.46. The first-order chi connectivity index (χ1) is 17.5. The van der Waals surface area contributed by atoms with Crippen LogP contribution in [0.2, 0.25) is 0 Å². The minimum absolute atomic E-state index is 0.149. The van der Waals surface area contributed by atoms with Gasteiger partial charge < -0.3 is 14.6 Å². The summed E-state index contributed by atoms with van der Waals surface area (Å²) in [5.41, 5.74) is 2.62. The number of nitrogens with zero attached hydrogens (tertiary/aromatic N) is 5. The molecule has 3 aliphatic rings. The Morgan fingerprint density at radius 1 is 1.06 bits per heavy atom. The molecule has 1 atom stereocenters. The fourth-order valence-electron chi connectivity index (χ4n) is 5.52. The Morgan fingerprint density at radius 3 is 2.58 bits per heavy atom. The van der Waals surface area contributed by atoms with Crippen LogP contribution in [0.1, 0.15) is 66.8 Å². The third-order valence-corrected chi connectivity index (χ3v) is 7.38. The van der Waals surface area contributed by atoms with Crippen molar-refractivity contribution in [3.63, 3.8) is 0 Å². The first-order valence-electron chi connectivity index (χ1n) is 11.9. The normalized spacial score (nSPS) is 21.4. The molecule has 0 unspecified atom stereocenters. The molecular weight excluding hydrogens is 468 g/mol. The highest BCUT2D eigenvalue weighted by Crippen LogP contribution is 2.55. The van der Waals surface area contributed by atoms with Crippen LogP contribution in [0.3, 0.4) is 0 Å². The Hall–Kier alpha value is -3.63. The van der Waals surface area contributed by atoms with Crippen molar-refractivity contribution in [1.82, 2.24) is 25.1 Å². The smallest absolute Gasteiger partial charge is 0.247 e. The van der Waals surface area contributed by atoms with Crippen LogP contribution >= 0.6 is 0 Å². The molecule has 1 aromatic carbocycles. The summed E-state index contributed by atoms with van der Waals surface area (Å²) < 4.78 is 34.4. The quantitative estimate of drug-likeness (QED) is 0.411. The first kappa shape index (κ1) is 22.8. The summed E-state index contributed by atoms with van der Waals surface area (Å²) in [7, 11) is 0. The minimum Gasteiger partial charge on any atom is -0.443 e. The summed E-state index contributed by atoms with van der Waals surface area (Å²) in [6.07, 6.45) is 7.18. The van der Waals surface area contributed by atoms with E-state index in [1.165, 1.54) is 24.5 Å². The van der Waals surface area contributed by atoms with Gasteiger partial charge in [-0.3, -0.25) is 4.98 Å². The molecule has 1 fully saturated rings. The Balaban J connectivity index is 1.40. The maximum atomic E-state index is 14.4. The van der Waals surface area contributed by atoms with Gasteiger partial charge in [0, 0.05) is 19.2 Å². The van der Waals surface area contributed by atoms with Gasteiger partial charge in [-0.2, -0.15) is 5.10 Å². The molecule has 1 saturated carbocycles. The predicted octanol–water partition coefficient (Wildman–Crippen LogP) is 4.24. The van der Waals surface area contributed by atoms with Crippen LogP contribution in [-0.2, 0) is 5.41 Å². The number of fused-ring (bicyclic) bond motifs is 2. The summed E-state index contributed by atoms with van der Waals surface area (Å²) in [6.45, 7) is -0.173. The van der Waals surface area contributed by atoms with Gasteiger partial charge in [0.25, 0.3) is 0 Å². The van der Waals surface area contributed by atoms with Gasteiger partial charge in [-0.1, -0.05) is 6.07 Å². The van der Waals surface area contributed by atoms with E-state index in [1.807, 2.05) is 0 Å². The van der Waals surface area contributed by atoms with Crippen LogP contribution in [0.5, 0.6) is 0 Å². The number of oxazole rings is 1. The molecule has 10 heteroatoms. The van der Waals surface area contributed by atoms with Crippen molar-refractivity contribution < 1.29 is 23.4 Å². The van der Waals surface area contributed by atoms with Gasteiger partial charge in [-0.15, -0.1) is 5.10 Å². The van der Waals surface area contributed by atoms with E-state index in [0.717, 1.165) is 36.9 Å². The van der Waals surface area contributed by atoms with E-state index >= 15 is 0 Å². The molecule has 7 rings (SSSR count). The Labute approximate surface area is 205 Å². The van der Waals surface area contributed by atoms with Crippen LogP contribution < -0.4 is 0 Å². The molecule has 4 aromatic rings.